The number of fused-ring (bicyclic) bond motifs is 1. The van der Waals surface area contributed by atoms with Gasteiger partial charge in [-0.05, 0) is 19.1 Å². The minimum absolute atomic E-state index is 0.0326. The molecule has 0 radical (unpaired) electrons. The van der Waals surface area contributed by atoms with E-state index >= 15 is 0 Å². The second kappa shape index (κ2) is 5.78. The summed E-state index contributed by atoms with van der Waals surface area (Å²) in [6, 6.07) is 6.81. The highest BCUT2D eigenvalue weighted by molar-refractivity contribution is 7.99. The molecule has 1 aromatic carbocycles. The molecule has 0 bridgehead atoms. The second-order valence-corrected chi connectivity index (χ2v) is 5.09. The lowest BCUT2D eigenvalue weighted by molar-refractivity contribution is -0.179. The Morgan fingerprint density at radius 1 is 1.45 bits per heavy atom. The van der Waals surface area contributed by atoms with Gasteiger partial charge in [0.05, 0.1) is 6.61 Å². The van der Waals surface area contributed by atoms with Gasteiger partial charge < -0.3 is 9.47 Å². The topological polar surface area (TPSA) is 52.6 Å². The molecular formula is C13H12F2O4S. The van der Waals surface area contributed by atoms with E-state index in [4.69, 9.17) is 4.74 Å². The minimum Gasteiger partial charge on any atom is -0.480 e. The Hall–Kier alpha value is -1.63. The highest BCUT2D eigenvalue weighted by atomic mass is 32.2. The molecule has 108 valence electrons. The second-order valence-electron chi connectivity index (χ2n) is 4.02. The first-order valence-electron chi connectivity index (χ1n) is 5.94. The van der Waals surface area contributed by atoms with Crippen LogP contribution in [0, 0.1) is 0 Å². The number of hydrogen-bond donors (Lipinski definition) is 0. The molecule has 1 unspecified atom stereocenters. The molecular weight excluding hydrogens is 290 g/mol. The third kappa shape index (κ3) is 2.77. The first-order chi connectivity index (χ1) is 9.46. The van der Waals surface area contributed by atoms with E-state index in [1.165, 1.54) is 18.7 Å². The van der Waals surface area contributed by atoms with Crippen LogP contribution < -0.4 is 4.74 Å². The molecule has 0 amide bonds. The predicted octanol–water partition coefficient (Wildman–Crippen LogP) is 2.31. The summed E-state index contributed by atoms with van der Waals surface area (Å²) < 4.78 is 36.8. The molecule has 1 aliphatic rings. The lowest BCUT2D eigenvalue weighted by Gasteiger charge is -2.26. The summed E-state index contributed by atoms with van der Waals surface area (Å²) in [6.07, 6.45) is -1.37. The van der Waals surface area contributed by atoms with Crippen LogP contribution in [0.3, 0.4) is 0 Å². The Bertz CT molecular complexity index is 533. The Kier molecular flexibility index (Phi) is 4.27. The van der Waals surface area contributed by atoms with E-state index in [0.717, 1.165) is 4.90 Å². The van der Waals surface area contributed by atoms with Gasteiger partial charge in [-0.15, -0.1) is 11.8 Å². The molecule has 0 aromatic heterocycles. The van der Waals surface area contributed by atoms with E-state index in [-0.39, 0.29) is 12.4 Å². The highest BCUT2D eigenvalue weighted by Gasteiger charge is 2.53. The number of ketones is 1. The van der Waals surface area contributed by atoms with Gasteiger partial charge in [-0.2, -0.15) is 8.78 Å². The van der Waals surface area contributed by atoms with Crippen molar-refractivity contribution in [2.24, 2.45) is 0 Å². The fourth-order valence-electron chi connectivity index (χ4n) is 1.67. The number of para-hydroxylation sites is 1. The molecule has 1 atom stereocenters. The zero-order valence-corrected chi connectivity index (χ0v) is 11.4. The quantitative estimate of drug-likeness (QED) is 0.631. The summed E-state index contributed by atoms with van der Waals surface area (Å²) in [5, 5.41) is 0. The van der Waals surface area contributed by atoms with E-state index in [9.17, 15) is 18.4 Å². The van der Waals surface area contributed by atoms with E-state index < -0.39 is 23.8 Å². The Morgan fingerprint density at radius 2 is 2.15 bits per heavy atom. The molecule has 0 N–H and O–H groups in total. The molecule has 1 aromatic rings. The fourth-order valence-corrected chi connectivity index (χ4v) is 2.66. The van der Waals surface area contributed by atoms with Crippen molar-refractivity contribution in [2.45, 2.75) is 23.8 Å². The zero-order chi connectivity index (χ0) is 14.8. The van der Waals surface area contributed by atoms with Gasteiger partial charge in [0.15, 0.2) is 6.10 Å². The Balaban J connectivity index is 2.13. The Labute approximate surface area is 118 Å². The van der Waals surface area contributed by atoms with Crippen LogP contribution in [0.2, 0.25) is 0 Å². The molecule has 0 saturated heterocycles. The van der Waals surface area contributed by atoms with Crippen molar-refractivity contribution >= 4 is 23.5 Å². The number of carbonyl (C=O) groups excluding carboxylic acids is 2. The van der Waals surface area contributed by atoms with E-state index in [1.54, 1.807) is 24.3 Å². The van der Waals surface area contributed by atoms with Crippen molar-refractivity contribution in [3.63, 3.8) is 0 Å². The maximum Gasteiger partial charge on any atom is 0.403 e. The monoisotopic (exact) mass is 302 g/mol. The van der Waals surface area contributed by atoms with Gasteiger partial charge in [-0.25, -0.2) is 4.79 Å². The fraction of sp³-hybridized carbons (Fsp3) is 0.385. The summed E-state index contributed by atoms with van der Waals surface area (Å²) in [6.45, 7) is 1.17. The largest absolute Gasteiger partial charge is 0.480 e. The number of thioether (sulfide) groups is 1. The molecule has 0 aliphatic carbocycles. The highest BCUT2D eigenvalue weighted by Crippen LogP contribution is 2.36. The third-order valence-electron chi connectivity index (χ3n) is 2.64. The number of alkyl halides is 2. The number of halogens is 2. The summed E-state index contributed by atoms with van der Waals surface area (Å²) in [5.74, 6) is -7.20. The summed E-state index contributed by atoms with van der Waals surface area (Å²) in [7, 11) is 0. The Morgan fingerprint density at radius 3 is 2.85 bits per heavy atom. The molecule has 7 heteroatoms. The summed E-state index contributed by atoms with van der Waals surface area (Å²) in [4.78, 5) is 23.7. The van der Waals surface area contributed by atoms with Crippen molar-refractivity contribution in [1.82, 2.24) is 0 Å². The van der Waals surface area contributed by atoms with Gasteiger partial charge in [0.1, 0.15) is 5.75 Å². The van der Waals surface area contributed by atoms with Crippen LogP contribution in [-0.2, 0) is 14.3 Å². The van der Waals surface area contributed by atoms with E-state index in [2.05, 4.69) is 4.74 Å². The number of rotatable bonds is 4. The third-order valence-corrected chi connectivity index (χ3v) is 3.76. The number of esters is 1. The molecule has 4 nitrogen and oxygen atoms in total. The van der Waals surface area contributed by atoms with Crippen LogP contribution in [0.1, 0.15) is 6.92 Å². The molecule has 2 rings (SSSR count). The van der Waals surface area contributed by atoms with Gasteiger partial charge in [-0.1, -0.05) is 12.1 Å². The van der Waals surface area contributed by atoms with Crippen LogP contribution in [0.25, 0.3) is 0 Å². The van der Waals surface area contributed by atoms with Crippen molar-refractivity contribution in [3.05, 3.63) is 24.3 Å². The zero-order valence-electron chi connectivity index (χ0n) is 10.6. The molecule has 0 spiro atoms. The molecule has 20 heavy (non-hydrogen) atoms. The van der Waals surface area contributed by atoms with Gasteiger partial charge in [-0.3, -0.25) is 4.79 Å². The van der Waals surface area contributed by atoms with Gasteiger partial charge in [0.25, 0.3) is 5.78 Å². The summed E-state index contributed by atoms with van der Waals surface area (Å²) in [5.41, 5.74) is 0. The maximum absolute atomic E-state index is 13.6. The smallest absolute Gasteiger partial charge is 0.403 e. The van der Waals surface area contributed by atoms with Crippen LogP contribution >= 0.6 is 11.8 Å². The maximum atomic E-state index is 13.6. The number of benzene rings is 1. The molecule has 0 fully saturated rings. The molecule has 1 heterocycles. The first kappa shape index (κ1) is 14.8. The van der Waals surface area contributed by atoms with Crippen molar-refractivity contribution in [1.29, 1.82) is 0 Å². The van der Waals surface area contributed by atoms with Gasteiger partial charge >= 0.3 is 11.9 Å². The van der Waals surface area contributed by atoms with Crippen molar-refractivity contribution in [3.8, 4) is 5.75 Å². The van der Waals surface area contributed by atoms with Gasteiger partial charge in [0, 0.05) is 10.6 Å². The van der Waals surface area contributed by atoms with Crippen molar-refractivity contribution in [2.75, 3.05) is 12.4 Å². The average Bonchev–Trinajstić information content (AvgIpc) is 2.46. The number of carbonyl (C=O) groups is 2. The minimum atomic E-state index is -4.19. The van der Waals surface area contributed by atoms with Crippen LogP contribution in [0.5, 0.6) is 5.75 Å². The normalized spacial score (nSPS) is 17.9. The van der Waals surface area contributed by atoms with Crippen LogP contribution in [-0.4, -0.2) is 36.1 Å². The van der Waals surface area contributed by atoms with E-state index in [0.29, 0.717) is 5.75 Å². The van der Waals surface area contributed by atoms with E-state index in [1.807, 2.05) is 0 Å². The molecule has 1 aliphatic heterocycles. The summed E-state index contributed by atoms with van der Waals surface area (Å²) >= 11 is 1.24. The predicted molar refractivity (Wildman–Crippen MR) is 68.2 cm³/mol. The average molecular weight is 302 g/mol. The van der Waals surface area contributed by atoms with Crippen LogP contribution in [0.15, 0.2) is 29.2 Å². The lowest BCUT2D eigenvalue weighted by Crippen LogP contribution is -2.48. The number of hydrogen-bond acceptors (Lipinski definition) is 5. The first-order valence-corrected chi connectivity index (χ1v) is 6.93. The molecule has 0 saturated carbocycles. The van der Waals surface area contributed by atoms with Crippen molar-refractivity contribution < 1.29 is 27.8 Å². The van der Waals surface area contributed by atoms with Crippen LogP contribution in [0.4, 0.5) is 8.78 Å². The lowest BCUT2D eigenvalue weighted by atomic mass is 10.1. The standard InChI is InChI=1S/C13H12F2O4S/c1-2-18-12(17)13(14,15)11(16)9-7-20-10-6-4-3-5-8(10)19-9/h3-6,9H,2,7H2,1H3. The SMILES string of the molecule is CCOC(=O)C(F)(F)C(=O)C1CSc2ccccc2O1. The van der Waals surface area contributed by atoms with Gasteiger partial charge in [0.2, 0.25) is 0 Å². The number of ether oxygens (including phenoxy) is 2. The number of Topliss-reactive ketones (excluding diaryl/α,β-unsaturated/α-hetero) is 1.